The molecule has 0 amide bonds. The topological polar surface area (TPSA) is 55.8 Å². The van der Waals surface area contributed by atoms with E-state index < -0.39 is 15.8 Å². The van der Waals surface area contributed by atoms with Crippen molar-refractivity contribution in [2.75, 3.05) is 33.9 Å². The van der Waals surface area contributed by atoms with Crippen molar-refractivity contribution in [2.45, 2.75) is 24.7 Å². The highest BCUT2D eigenvalue weighted by molar-refractivity contribution is 7.89. The van der Waals surface area contributed by atoms with Crippen LogP contribution < -0.4 is 4.74 Å². The summed E-state index contributed by atoms with van der Waals surface area (Å²) < 4.78 is 50.6. The van der Waals surface area contributed by atoms with Crippen LogP contribution in [0.1, 0.15) is 19.8 Å². The quantitative estimate of drug-likeness (QED) is 0.830. The molecule has 0 saturated carbocycles. The molecule has 0 spiro atoms. The second kappa shape index (κ2) is 6.52. The van der Waals surface area contributed by atoms with Gasteiger partial charge in [0.25, 0.3) is 0 Å². The highest BCUT2D eigenvalue weighted by Crippen LogP contribution is 2.33. The van der Waals surface area contributed by atoms with Crippen LogP contribution in [0.2, 0.25) is 0 Å². The number of methoxy groups -OCH3 is 1. The minimum Gasteiger partial charge on any atom is -0.495 e. The predicted octanol–water partition coefficient (Wildman–Crippen LogP) is 2.27. The Bertz CT molecular complexity index is 626. The number of sulfonamides is 1. The third kappa shape index (κ3) is 3.59. The van der Waals surface area contributed by atoms with E-state index in [0.29, 0.717) is 19.8 Å². The first-order valence-electron chi connectivity index (χ1n) is 7.16. The van der Waals surface area contributed by atoms with Gasteiger partial charge >= 0.3 is 0 Å². The smallest absolute Gasteiger partial charge is 0.246 e. The lowest BCUT2D eigenvalue weighted by Gasteiger charge is -2.36. The number of ether oxygens (including phenoxy) is 2. The molecule has 0 unspecified atom stereocenters. The number of benzene rings is 1. The summed E-state index contributed by atoms with van der Waals surface area (Å²) in [6.07, 6.45) is 1.60. The van der Waals surface area contributed by atoms with Crippen LogP contribution in [-0.4, -0.2) is 46.6 Å². The molecular formula is C15H22FNO4S. The maximum Gasteiger partial charge on any atom is 0.246 e. The minimum absolute atomic E-state index is 0.138. The minimum atomic E-state index is -3.81. The Labute approximate surface area is 131 Å². The largest absolute Gasteiger partial charge is 0.495 e. The number of hydrogen-bond acceptors (Lipinski definition) is 4. The van der Waals surface area contributed by atoms with E-state index in [1.165, 1.54) is 30.6 Å². The van der Waals surface area contributed by atoms with Gasteiger partial charge in [-0.25, -0.2) is 17.1 Å². The number of halogens is 1. The van der Waals surface area contributed by atoms with Crippen LogP contribution in [0, 0.1) is 11.2 Å². The maximum atomic E-state index is 13.5. The van der Waals surface area contributed by atoms with Crippen molar-refractivity contribution in [1.82, 2.24) is 4.31 Å². The lowest BCUT2D eigenvalue weighted by molar-refractivity contribution is 0.0174. The molecule has 1 heterocycles. The first-order chi connectivity index (χ1) is 10.3. The summed E-state index contributed by atoms with van der Waals surface area (Å²) in [4.78, 5) is -0.145. The van der Waals surface area contributed by atoms with E-state index in [2.05, 4.69) is 0 Å². The molecule has 0 aliphatic carbocycles. The fraction of sp³-hybridized carbons (Fsp3) is 0.600. The molecule has 22 heavy (non-hydrogen) atoms. The molecule has 1 aromatic rings. The van der Waals surface area contributed by atoms with E-state index in [1.54, 1.807) is 0 Å². The molecular weight excluding hydrogens is 309 g/mol. The third-order valence-electron chi connectivity index (χ3n) is 4.12. The van der Waals surface area contributed by atoms with Crippen LogP contribution in [0.5, 0.6) is 5.75 Å². The van der Waals surface area contributed by atoms with Gasteiger partial charge in [-0.2, -0.15) is 0 Å². The summed E-state index contributed by atoms with van der Waals surface area (Å²) in [7, 11) is -0.933. The Kier molecular flexibility index (Phi) is 5.09. The Morgan fingerprint density at radius 3 is 2.59 bits per heavy atom. The number of rotatable bonds is 5. The maximum absolute atomic E-state index is 13.5. The molecule has 1 saturated heterocycles. The van der Waals surface area contributed by atoms with E-state index in [9.17, 15) is 12.8 Å². The van der Waals surface area contributed by atoms with E-state index in [-0.39, 0.29) is 16.1 Å². The molecule has 2 rings (SSSR count). The van der Waals surface area contributed by atoms with Crippen LogP contribution in [-0.2, 0) is 14.8 Å². The van der Waals surface area contributed by atoms with E-state index in [0.717, 1.165) is 18.9 Å². The van der Waals surface area contributed by atoms with Gasteiger partial charge in [0, 0.05) is 26.8 Å². The highest BCUT2D eigenvalue weighted by Gasteiger charge is 2.34. The highest BCUT2D eigenvalue weighted by atomic mass is 32.2. The molecule has 1 aliphatic heterocycles. The summed E-state index contributed by atoms with van der Waals surface area (Å²) in [6.45, 7) is 3.67. The van der Waals surface area contributed by atoms with Gasteiger partial charge in [-0.3, -0.25) is 0 Å². The zero-order chi connectivity index (χ0) is 16.4. The molecule has 0 aromatic heterocycles. The molecule has 0 bridgehead atoms. The zero-order valence-electron chi connectivity index (χ0n) is 13.1. The van der Waals surface area contributed by atoms with Crippen LogP contribution in [0.25, 0.3) is 0 Å². The molecule has 1 aliphatic rings. The summed E-state index contributed by atoms with van der Waals surface area (Å²) in [5, 5.41) is 0. The van der Waals surface area contributed by atoms with Crippen molar-refractivity contribution >= 4 is 10.0 Å². The lowest BCUT2D eigenvalue weighted by atomic mass is 9.82. The normalized spacial score (nSPS) is 18.4. The van der Waals surface area contributed by atoms with Gasteiger partial charge < -0.3 is 9.47 Å². The molecule has 1 aromatic carbocycles. The fourth-order valence-electron chi connectivity index (χ4n) is 2.66. The Balaban J connectivity index is 2.27. The van der Waals surface area contributed by atoms with Gasteiger partial charge in [-0.05, 0) is 36.5 Å². The molecule has 0 radical (unpaired) electrons. The summed E-state index contributed by atoms with van der Waals surface area (Å²) in [5.74, 6) is -0.463. The van der Waals surface area contributed by atoms with E-state index in [1.807, 2.05) is 6.92 Å². The summed E-state index contributed by atoms with van der Waals surface area (Å²) >= 11 is 0. The van der Waals surface area contributed by atoms with Gasteiger partial charge in [0.05, 0.1) is 7.11 Å². The molecule has 124 valence electrons. The zero-order valence-corrected chi connectivity index (χ0v) is 14.0. The van der Waals surface area contributed by atoms with Gasteiger partial charge in [-0.15, -0.1) is 0 Å². The SMILES string of the molecule is COc1ccc(F)cc1S(=O)(=O)N(C)CC1(C)CCOCC1. The van der Waals surface area contributed by atoms with Gasteiger partial charge in [-0.1, -0.05) is 6.92 Å². The third-order valence-corrected chi connectivity index (χ3v) is 5.94. The number of hydrogen-bond donors (Lipinski definition) is 0. The van der Waals surface area contributed by atoms with Crippen molar-refractivity contribution < 1.29 is 22.3 Å². The van der Waals surface area contributed by atoms with Crippen LogP contribution in [0.3, 0.4) is 0 Å². The molecule has 7 heteroatoms. The standard InChI is InChI=1S/C15H22FNO4S/c1-15(6-8-21-9-7-15)11-17(2)22(18,19)14-10-12(16)4-5-13(14)20-3/h4-5,10H,6-9,11H2,1-3H3. The van der Waals surface area contributed by atoms with E-state index in [4.69, 9.17) is 9.47 Å². The monoisotopic (exact) mass is 331 g/mol. The molecule has 0 N–H and O–H groups in total. The number of nitrogens with zero attached hydrogens (tertiary/aromatic N) is 1. The molecule has 5 nitrogen and oxygen atoms in total. The summed E-state index contributed by atoms with van der Waals surface area (Å²) in [5.41, 5.74) is -0.138. The van der Waals surface area contributed by atoms with Crippen molar-refractivity contribution in [2.24, 2.45) is 5.41 Å². The first kappa shape index (κ1) is 17.2. The van der Waals surface area contributed by atoms with Crippen LogP contribution in [0.15, 0.2) is 23.1 Å². The molecule has 0 atom stereocenters. The lowest BCUT2D eigenvalue weighted by Crippen LogP contribution is -2.40. The first-order valence-corrected chi connectivity index (χ1v) is 8.60. The molecule has 1 fully saturated rings. The predicted molar refractivity (Wildman–Crippen MR) is 80.9 cm³/mol. The Hall–Kier alpha value is -1.18. The van der Waals surface area contributed by atoms with Gasteiger partial charge in [0.1, 0.15) is 16.5 Å². The average Bonchev–Trinajstić information content (AvgIpc) is 2.47. The Morgan fingerprint density at radius 1 is 1.36 bits per heavy atom. The van der Waals surface area contributed by atoms with Crippen molar-refractivity contribution in [3.63, 3.8) is 0 Å². The second-order valence-electron chi connectivity index (χ2n) is 5.98. The van der Waals surface area contributed by atoms with Crippen molar-refractivity contribution in [3.05, 3.63) is 24.0 Å². The summed E-state index contributed by atoms with van der Waals surface area (Å²) in [6, 6.07) is 3.50. The van der Waals surface area contributed by atoms with Crippen molar-refractivity contribution in [3.8, 4) is 5.75 Å². The second-order valence-corrected chi connectivity index (χ2v) is 7.99. The van der Waals surface area contributed by atoms with Crippen molar-refractivity contribution in [1.29, 1.82) is 0 Å². The van der Waals surface area contributed by atoms with Crippen LogP contribution >= 0.6 is 0 Å². The van der Waals surface area contributed by atoms with Gasteiger partial charge in [0.15, 0.2) is 0 Å². The fourth-order valence-corrected chi connectivity index (χ4v) is 4.15. The van der Waals surface area contributed by atoms with E-state index >= 15 is 0 Å². The Morgan fingerprint density at radius 2 is 2.00 bits per heavy atom. The average molecular weight is 331 g/mol. The van der Waals surface area contributed by atoms with Crippen LogP contribution in [0.4, 0.5) is 4.39 Å². The van der Waals surface area contributed by atoms with Gasteiger partial charge in [0.2, 0.25) is 10.0 Å².